The van der Waals surface area contributed by atoms with Gasteiger partial charge in [-0.3, -0.25) is 0 Å². The molecule has 32 heavy (non-hydrogen) atoms. The Morgan fingerprint density at radius 2 is 1.62 bits per heavy atom. The summed E-state index contributed by atoms with van der Waals surface area (Å²) < 4.78 is 12.2. The topological polar surface area (TPSA) is 85.6 Å². The van der Waals surface area contributed by atoms with E-state index in [1.807, 2.05) is 61.5 Å². The Kier molecular flexibility index (Phi) is 5.81. The van der Waals surface area contributed by atoms with Crippen molar-refractivity contribution in [3.63, 3.8) is 0 Å². The SMILES string of the molecule is COc1ccc(-c2cc(Nc3ccc(OC)cc3C(=O)O)n(-c3ccccc3C)n2)cc1. The number of carbonyl (C=O) groups is 1. The molecular formula is C25H23N3O4. The first-order valence-electron chi connectivity index (χ1n) is 9.99. The van der Waals surface area contributed by atoms with Gasteiger partial charge in [0.2, 0.25) is 0 Å². The molecule has 0 bridgehead atoms. The van der Waals surface area contributed by atoms with Crippen molar-refractivity contribution < 1.29 is 19.4 Å². The molecule has 0 fully saturated rings. The van der Waals surface area contributed by atoms with Crippen molar-refractivity contribution in [3.8, 4) is 28.4 Å². The van der Waals surface area contributed by atoms with Gasteiger partial charge in [-0.15, -0.1) is 0 Å². The largest absolute Gasteiger partial charge is 0.497 e. The Balaban J connectivity index is 1.83. The van der Waals surface area contributed by atoms with Gasteiger partial charge in [0.15, 0.2) is 0 Å². The quantitative estimate of drug-likeness (QED) is 0.414. The number of aryl methyl sites for hydroxylation is 1. The van der Waals surface area contributed by atoms with E-state index in [1.54, 1.807) is 23.9 Å². The molecule has 0 aliphatic carbocycles. The van der Waals surface area contributed by atoms with Gasteiger partial charge in [-0.25, -0.2) is 9.48 Å². The Hall–Kier alpha value is -4.26. The van der Waals surface area contributed by atoms with Gasteiger partial charge in [0, 0.05) is 11.6 Å². The lowest BCUT2D eigenvalue weighted by atomic mass is 10.1. The number of aromatic nitrogens is 2. The Morgan fingerprint density at radius 3 is 2.28 bits per heavy atom. The normalized spacial score (nSPS) is 10.6. The minimum Gasteiger partial charge on any atom is -0.497 e. The molecule has 1 aromatic heterocycles. The monoisotopic (exact) mass is 429 g/mol. The predicted molar refractivity (Wildman–Crippen MR) is 124 cm³/mol. The molecule has 7 nitrogen and oxygen atoms in total. The van der Waals surface area contributed by atoms with Gasteiger partial charge in [-0.05, 0) is 61.0 Å². The number of methoxy groups -OCH3 is 2. The summed E-state index contributed by atoms with van der Waals surface area (Å²) in [4.78, 5) is 11.8. The van der Waals surface area contributed by atoms with Crippen LogP contribution in [0.1, 0.15) is 15.9 Å². The summed E-state index contributed by atoms with van der Waals surface area (Å²) in [7, 11) is 3.13. The third kappa shape index (κ3) is 4.13. The van der Waals surface area contributed by atoms with E-state index in [0.717, 1.165) is 28.3 Å². The molecule has 0 amide bonds. The van der Waals surface area contributed by atoms with Gasteiger partial charge in [0.05, 0.1) is 36.9 Å². The summed E-state index contributed by atoms with van der Waals surface area (Å²) in [6.07, 6.45) is 0. The van der Waals surface area contributed by atoms with Crippen molar-refractivity contribution >= 4 is 17.5 Å². The molecule has 0 saturated carbocycles. The van der Waals surface area contributed by atoms with E-state index in [4.69, 9.17) is 14.6 Å². The molecule has 0 atom stereocenters. The number of rotatable bonds is 7. The highest BCUT2D eigenvalue weighted by Gasteiger charge is 2.17. The number of para-hydroxylation sites is 1. The molecule has 0 spiro atoms. The van der Waals surface area contributed by atoms with Crippen LogP contribution in [0.25, 0.3) is 16.9 Å². The number of ether oxygens (including phenoxy) is 2. The lowest BCUT2D eigenvalue weighted by Gasteiger charge is -2.14. The second-order valence-electron chi connectivity index (χ2n) is 7.18. The van der Waals surface area contributed by atoms with Crippen LogP contribution in [0.5, 0.6) is 11.5 Å². The molecular weight excluding hydrogens is 406 g/mol. The van der Waals surface area contributed by atoms with Gasteiger partial charge in [-0.2, -0.15) is 5.10 Å². The van der Waals surface area contributed by atoms with Crippen LogP contribution in [-0.4, -0.2) is 35.1 Å². The second-order valence-corrected chi connectivity index (χ2v) is 7.18. The molecule has 0 aliphatic heterocycles. The minimum absolute atomic E-state index is 0.105. The van der Waals surface area contributed by atoms with Crippen LogP contribution in [0.3, 0.4) is 0 Å². The fraction of sp³-hybridized carbons (Fsp3) is 0.120. The minimum atomic E-state index is -1.05. The molecule has 4 aromatic rings. The number of nitrogens with zero attached hydrogens (tertiary/aromatic N) is 2. The van der Waals surface area contributed by atoms with Crippen LogP contribution in [0, 0.1) is 6.92 Å². The highest BCUT2D eigenvalue weighted by atomic mass is 16.5. The second kappa shape index (κ2) is 8.85. The number of carboxylic acid groups (broad SMARTS) is 1. The zero-order chi connectivity index (χ0) is 22.7. The Labute approximate surface area is 185 Å². The summed E-state index contributed by atoms with van der Waals surface area (Å²) in [6.45, 7) is 2.00. The standard InChI is InChI=1S/C25H23N3O4/c1-16-6-4-5-7-23(16)28-24(15-22(27-28)17-8-10-18(31-2)11-9-17)26-21-13-12-19(32-3)14-20(21)25(29)30/h4-15,26H,1-3H3,(H,29,30). The van der Waals surface area contributed by atoms with E-state index in [9.17, 15) is 9.90 Å². The lowest BCUT2D eigenvalue weighted by Crippen LogP contribution is -2.07. The fourth-order valence-electron chi connectivity index (χ4n) is 3.43. The molecule has 7 heteroatoms. The number of nitrogens with one attached hydrogen (secondary N) is 1. The Morgan fingerprint density at radius 1 is 0.938 bits per heavy atom. The molecule has 0 unspecified atom stereocenters. The lowest BCUT2D eigenvalue weighted by molar-refractivity contribution is 0.0697. The van der Waals surface area contributed by atoms with Crippen molar-refractivity contribution in [1.29, 1.82) is 0 Å². The average molecular weight is 429 g/mol. The number of benzene rings is 3. The molecule has 1 heterocycles. The van der Waals surface area contributed by atoms with Crippen molar-refractivity contribution in [2.75, 3.05) is 19.5 Å². The first-order valence-corrected chi connectivity index (χ1v) is 9.99. The van der Waals surface area contributed by atoms with E-state index in [0.29, 0.717) is 17.3 Å². The summed E-state index contributed by atoms with van der Waals surface area (Å²) in [5.41, 5.74) is 4.12. The van der Waals surface area contributed by atoms with Crippen molar-refractivity contribution in [2.24, 2.45) is 0 Å². The van der Waals surface area contributed by atoms with Gasteiger partial charge in [0.1, 0.15) is 17.3 Å². The smallest absolute Gasteiger partial charge is 0.337 e. The molecule has 0 saturated heterocycles. The molecule has 4 rings (SSSR count). The first-order chi connectivity index (χ1) is 15.5. The van der Waals surface area contributed by atoms with Crippen LogP contribution in [0.2, 0.25) is 0 Å². The van der Waals surface area contributed by atoms with Crippen LogP contribution < -0.4 is 14.8 Å². The summed E-state index contributed by atoms with van der Waals surface area (Å²) in [5.74, 6) is 0.815. The highest BCUT2D eigenvalue weighted by molar-refractivity contribution is 5.95. The maximum atomic E-state index is 11.8. The van der Waals surface area contributed by atoms with Crippen molar-refractivity contribution in [1.82, 2.24) is 9.78 Å². The van der Waals surface area contributed by atoms with Crippen molar-refractivity contribution in [2.45, 2.75) is 6.92 Å². The van der Waals surface area contributed by atoms with Crippen molar-refractivity contribution in [3.05, 3.63) is 83.9 Å². The van der Waals surface area contributed by atoms with Crippen LogP contribution >= 0.6 is 0 Å². The Bertz CT molecular complexity index is 1260. The fourth-order valence-corrected chi connectivity index (χ4v) is 3.43. The predicted octanol–water partition coefficient (Wildman–Crippen LogP) is 5.31. The van der Waals surface area contributed by atoms with Gasteiger partial charge in [-0.1, -0.05) is 18.2 Å². The molecule has 0 aliphatic rings. The summed E-state index contributed by atoms with van der Waals surface area (Å²) >= 11 is 0. The average Bonchev–Trinajstić information content (AvgIpc) is 3.23. The zero-order valence-electron chi connectivity index (χ0n) is 18.0. The summed E-state index contributed by atoms with van der Waals surface area (Å²) in [5, 5.41) is 17.8. The van der Waals surface area contributed by atoms with E-state index < -0.39 is 5.97 Å². The van der Waals surface area contributed by atoms with Crippen LogP contribution in [0.15, 0.2) is 72.8 Å². The van der Waals surface area contributed by atoms with E-state index in [2.05, 4.69) is 5.32 Å². The van der Waals surface area contributed by atoms with E-state index >= 15 is 0 Å². The van der Waals surface area contributed by atoms with E-state index in [1.165, 1.54) is 13.2 Å². The molecule has 2 N–H and O–H groups in total. The molecule has 0 radical (unpaired) electrons. The molecule has 3 aromatic carbocycles. The van der Waals surface area contributed by atoms with Crippen LogP contribution in [0.4, 0.5) is 11.5 Å². The van der Waals surface area contributed by atoms with Crippen LogP contribution in [-0.2, 0) is 0 Å². The third-order valence-corrected chi connectivity index (χ3v) is 5.16. The summed E-state index contributed by atoms with van der Waals surface area (Å²) in [6, 6.07) is 22.3. The molecule has 162 valence electrons. The van der Waals surface area contributed by atoms with Gasteiger partial charge in [0.25, 0.3) is 0 Å². The maximum absolute atomic E-state index is 11.8. The number of aromatic carboxylic acids is 1. The highest BCUT2D eigenvalue weighted by Crippen LogP contribution is 2.31. The number of anilines is 2. The maximum Gasteiger partial charge on any atom is 0.337 e. The zero-order valence-corrected chi connectivity index (χ0v) is 18.0. The van der Waals surface area contributed by atoms with Gasteiger partial charge >= 0.3 is 5.97 Å². The first kappa shape index (κ1) is 21.0. The van der Waals surface area contributed by atoms with E-state index in [-0.39, 0.29) is 5.56 Å². The van der Waals surface area contributed by atoms with Gasteiger partial charge < -0.3 is 19.9 Å². The number of hydrogen-bond acceptors (Lipinski definition) is 5. The number of hydrogen-bond donors (Lipinski definition) is 2. The number of carboxylic acids is 1. The third-order valence-electron chi connectivity index (χ3n) is 5.16.